The molecule has 2 heterocycles. The highest BCUT2D eigenvalue weighted by atomic mass is 16.6. The van der Waals surface area contributed by atoms with E-state index in [1.165, 1.54) is 16.3 Å². The first-order valence-electron chi connectivity index (χ1n) is 10.7. The number of hydrazone groups is 1. The minimum atomic E-state index is -0.559. The number of nitro groups is 1. The van der Waals surface area contributed by atoms with Crippen LogP contribution in [0.3, 0.4) is 0 Å². The second-order valence-corrected chi connectivity index (χ2v) is 8.40. The van der Waals surface area contributed by atoms with Gasteiger partial charge in [0.25, 0.3) is 0 Å². The van der Waals surface area contributed by atoms with Crippen LogP contribution in [0.5, 0.6) is 0 Å². The highest BCUT2D eigenvalue weighted by molar-refractivity contribution is 6.13. The van der Waals surface area contributed by atoms with Gasteiger partial charge in [0.15, 0.2) is 0 Å². The molecule has 162 valence electrons. The Morgan fingerprint density at radius 1 is 1.13 bits per heavy atom. The standard InChI is InChI=1S/C22H26N6O3/c1-14(2)27-22(29)26(21-23-12-17(13-24-21)28(30)31)19-11-15(3)9-10-18(19)20(25-27)16-7-5-4-6-8-16/h9-14,16H,4-8H2,1-3H3. The molecule has 0 saturated heterocycles. The van der Waals surface area contributed by atoms with E-state index < -0.39 is 4.92 Å². The highest BCUT2D eigenvalue weighted by Gasteiger charge is 2.36. The number of urea groups is 1. The van der Waals surface area contributed by atoms with Gasteiger partial charge in [0.1, 0.15) is 12.4 Å². The molecular formula is C22H26N6O3. The second kappa shape index (κ2) is 8.41. The van der Waals surface area contributed by atoms with Gasteiger partial charge in [-0.25, -0.2) is 24.7 Å². The van der Waals surface area contributed by atoms with Gasteiger partial charge in [-0.1, -0.05) is 31.4 Å². The molecule has 2 aromatic rings. The largest absolute Gasteiger partial charge is 0.352 e. The van der Waals surface area contributed by atoms with Crippen LogP contribution in [0.1, 0.15) is 57.1 Å². The van der Waals surface area contributed by atoms with Gasteiger partial charge in [-0.15, -0.1) is 0 Å². The Kier molecular flexibility index (Phi) is 5.67. The molecule has 31 heavy (non-hydrogen) atoms. The molecule has 9 heteroatoms. The van der Waals surface area contributed by atoms with Crippen molar-refractivity contribution in [3.63, 3.8) is 0 Å². The molecule has 0 radical (unpaired) electrons. The van der Waals surface area contributed by atoms with Gasteiger partial charge in [0.2, 0.25) is 5.95 Å². The third kappa shape index (κ3) is 3.99. The van der Waals surface area contributed by atoms with Crippen LogP contribution in [0.25, 0.3) is 0 Å². The average Bonchev–Trinajstić information content (AvgIpc) is 2.88. The summed E-state index contributed by atoms with van der Waals surface area (Å²) in [5.41, 5.74) is 3.22. The zero-order valence-corrected chi connectivity index (χ0v) is 18.0. The number of anilines is 2. The molecule has 0 unspecified atom stereocenters. The fourth-order valence-corrected chi connectivity index (χ4v) is 4.19. The highest BCUT2D eigenvalue weighted by Crippen LogP contribution is 2.37. The quantitative estimate of drug-likeness (QED) is 0.511. The number of hydrogen-bond donors (Lipinski definition) is 0. The zero-order chi connectivity index (χ0) is 22.1. The Morgan fingerprint density at radius 3 is 2.42 bits per heavy atom. The van der Waals surface area contributed by atoms with Gasteiger partial charge in [0, 0.05) is 11.5 Å². The number of amides is 2. The lowest BCUT2D eigenvalue weighted by atomic mass is 9.82. The van der Waals surface area contributed by atoms with Crippen LogP contribution >= 0.6 is 0 Å². The monoisotopic (exact) mass is 422 g/mol. The fraction of sp³-hybridized carbons (Fsp3) is 0.455. The van der Waals surface area contributed by atoms with Gasteiger partial charge in [-0.3, -0.25) is 10.1 Å². The van der Waals surface area contributed by atoms with Gasteiger partial charge in [-0.05, 0) is 45.2 Å². The number of rotatable bonds is 4. The summed E-state index contributed by atoms with van der Waals surface area (Å²) in [4.78, 5) is 33.8. The van der Waals surface area contributed by atoms with E-state index in [4.69, 9.17) is 5.10 Å². The van der Waals surface area contributed by atoms with Crippen molar-refractivity contribution in [3.05, 3.63) is 51.8 Å². The summed E-state index contributed by atoms with van der Waals surface area (Å²) in [6, 6.07) is 5.40. The van der Waals surface area contributed by atoms with Crippen LogP contribution in [0.2, 0.25) is 0 Å². The molecule has 0 spiro atoms. The zero-order valence-electron chi connectivity index (χ0n) is 18.0. The second-order valence-electron chi connectivity index (χ2n) is 8.40. The Morgan fingerprint density at radius 2 is 1.81 bits per heavy atom. The molecule has 1 fully saturated rings. The van der Waals surface area contributed by atoms with Crippen molar-refractivity contribution >= 4 is 29.1 Å². The summed E-state index contributed by atoms with van der Waals surface area (Å²) in [5, 5.41) is 17.4. The molecule has 1 aliphatic heterocycles. The first kappa shape index (κ1) is 20.9. The third-order valence-electron chi connectivity index (χ3n) is 5.79. The molecule has 0 atom stereocenters. The molecule has 2 amide bonds. The van der Waals surface area contributed by atoms with E-state index in [1.54, 1.807) is 0 Å². The number of nitrogens with zero attached hydrogens (tertiary/aromatic N) is 6. The van der Waals surface area contributed by atoms with E-state index >= 15 is 0 Å². The third-order valence-corrected chi connectivity index (χ3v) is 5.79. The van der Waals surface area contributed by atoms with Gasteiger partial charge < -0.3 is 0 Å². The van der Waals surface area contributed by atoms with E-state index in [0.717, 1.165) is 54.9 Å². The molecule has 9 nitrogen and oxygen atoms in total. The maximum Gasteiger partial charge on any atom is 0.352 e. The van der Waals surface area contributed by atoms with Gasteiger partial charge >= 0.3 is 11.7 Å². The normalized spacial score (nSPS) is 17.4. The smallest absolute Gasteiger partial charge is 0.258 e. The lowest BCUT2D eigenvalue weighted by Gasteiger charge is -2.27. The van der Waals surface area contributed by atoms with Crippen molar-refractivity contribution in [1.82, 2.24) is 15.0 Å². The lowest BCUT2D eigenvalue weighted by molar-refractivity contribution is -0.385. The van der Waals surface area contributed by atoms with E-state index in [9.17, 15) is 14.9 Å². The molecule has 4 rings (SSSR count). The number of hydrogen-bond acceptors (Lipinski definition) is 6. The van der Waals surface area contributed by atoms with Crippen molar-refractivity contribution in [2.75, 3.05) is 4.90 Å². The summed E-state index contributed by atoms with van der Waals surface area (Å²) in [7, 11) is 0. The van der Waals surface area contributed by atoms with Crippen LogP contribution in [0.4, 0.5) is 22.1 Å². The Hall–Kier alpha value is -3.36. The van der Waals surface area contributed by atoms with Crippen molar-refractivity contribution in [2.45, 2.75) is 58.9 Å². The fourth-order valence-electron chi connectivity index (χ4n) is 4.19. The van der Waals surface area contributed by atoms with E-state index in [2.05, 4.69) is 9.97 Å². The summed E-state index contributed by atoms with van der Waals surface area (Å²) in [6.45, 7) is 5.79. The van der Waals surface area contributed by atoms with Crippen molar-refractivity contribution in [1.29, 1.82) is 0 Å². The first-order chi connectivity index (χ1) is 14.9. The Bertz CT molecular complexity index is 1030. The molecule has 1 aliphatic carbocycles. The number of benzene rings is 1. The van der Waals surface area contributed by atoms with Crippen molar-refractivity contribution < 1.29 is 9.72 Å². The molecule has 1 aromatic carbocycles. The topological polar surface area (TPSA) is 105 Å². The van der Waals surface area contributed by atoms with E-state index in [-0.39, 0.29) is 29.6 Å². The predicted octanol–water partition coefficient (Wildman–Crippen LogP) is 4.96. The maximum absolute atomic E-state index is 13.6. The van der Waals surface area contributed by atoms with Crippen molar-refractivity contribution in [2.24, 2.45) is 11.0 Å². The molecular weight excluding hydrogens is 396 g/mol. The van der Waals surface area contributed by atoms with Crippen LogP contribution in [0.15, 0.2) is 35.7 Å². The Labute approximate surface area is 180 Å². The number of carbonyl (C=O) groups excluding carboxylic acids is 1. The van der Waals surface area contributed by atoms with Crippen LogP contribution in [-0.4, -0.2) is 37.7 Å². The minimum Gasteiger partial charge on any atom is -0.258 e. The molecule has 2 aliphatic rings. The van der Waals surface area contributed by atoms with E-state index in [0.29, 0.717) is 5.69 Å². The predicted molar refractivity (Wildman–Crippen MR) is 117 cm³/mol. The number of fused-ring (bicyclic) bond motifs is 1. The van der Waals surface area contributed by atoms with Crippen molar-refractivity contribution in [3.8, 4) is 0 Å². The molecule has 0 bridgehead atoms. The average molecular weight is 422 g/mol. The molecule has 1 aromatic heterocycles. The summed E-state index contributed by atoms with van der Waals surface area (Å²) < 4.78 is 0. The number of carbonyl (C=O) groups is 1. The lowest BCUT2D eigenvalue weighted by Crippen LogP contribution is -2.41. The van der Waals surface area contributed by atoms with Gasteiger partial charge in [-0.2, -0.15) is 5.10 Å². The number of aromatic nitrogens is 2. The molecule has 1 saturated carbocycles. The maximum atomic E-state index is 13.6. The summed E-state index contributed by atoms with van der Waals surface area (Å²) in [5.74, 6) is 0.371. The van der Waals surface area contributed by atoms with Crippen LogP contribution in [0, 0.1) is 23.0 Å². The van der Waals surface area contributed by atoms with Crippen LogP contribution in [-0.2, 0) is 0 Å². The number of aryl methyl sites for hydroxylation is 1. The Balaban J connectivity index is 1.89. The summed E-state index contributed by atoms with van der Waals surface area (Å²) in [6.07, 6.45) is 7.85. The summed E-state index contributed by atoms with van der Waals surface area (Å²) >= 11 is 0. The van der Waals surface area contributed by atoms with Crippen LogP contribution < -0.4 is 4.90 Å². The molecule has 0 N–H and O–H groups in total. The first-order valence-corrected chi connectivity index (χ1v) is 10.7. The minimum absolute atomic E-state index is 0.0909. The van der Waals surface area contributed by atoms with Gasteiger partial charge in [0.05, 0.1) is 22.4 Å². The SMILES string of the molecule is Cc1ccc2c(c1)N(c1ncc([N+](=O)[O-])cn1)C(=O)N(C(C)C)N=C2C1CCCCC1. The van der Waals surface area contributed by atoms with E-state index in [1.807, 2.05) is 39.0 Å².